The summed E-state index contributed by atoms with van der Waals surface area (Å²) in [5.41, 5.74) is 0. The van der Waals surface area contributed by atoms with Gasteiger partial charge < -0.3 is 9.64 Å². The molecule has 1 saturated heterocycles. The van der Waals surface area contributed by atoms with E-state index in [0.29, 0.717) is 25.4 Å². The molecule has 8 nitrogen and oxygen atoms in total. The lowest BCUT2D eigenvalue weighted by atomic mass is 10.3. The number of nitrogens with zero attached hydrogens (tertiary/aromatic N) is 5. The van der Waals surface area contributed by atoms with Crippen LogP contribution in [0.3, 0.4) is 0 Å². The van der Waals surface area contributed by atoms with Crippen LogP contribution in [0.2, 0.25) is 0 Å². The van der Waals surface area contributed by atoms with Crippen molar-refractivity contribution in [3.63, 3.8) is 0 Å². The van der Waals surface area contributed by atoms with Gasteiger partial charge in [0.15, 0.2) is 0 Å². The Kier molecular flexibility index (Phi) is 4.64. The second kappa shape index (κ2) is 6.12. The summed E-state index contributed by atoms with van der Waals surface area (Å²) in [6.45, 7) is 0.790. The van der Waals surface area contributed by atoms with Crippen LogP contribution in [0.4, 0.5) is 5.82 Å². The molecule has 0 radical (unpaired) electrons. The van der Waals surface area contributed by atoms with Crippen LogP contribution in [0.15, 0.2) is 12.4 Å². The van der Waals surface area contributed by atoms with Crippen LogP contribution in [0.25, 0.3) is 0 Å². The van der Waals surface area contributed by atoms with E-state index in [2.05, 4.69) is 9.97 Å². The first-order valence-electron chi connectivity index (χ1n) is 6.64. The van der Waals surface area contributed by atoms with Crippen molar-refractivity contribution >= 4 is 16.0 Å². The van der Waals surface area contributed by atoms with Gasteiger partial charge in [-0.25, -0.2) is 9.97 Å². The summed E-state index contributed by atoms with van der Waals surface area (Å²) in [6, 6.07) is 1.74. The first kappa shape index (κ1) is 15.9. The van der Waals surface area contributed by atoms with Crippen molar-refractivity contribution in [3.05, 3.63) is 12.4 Å². The van der Waals surface area contributed by atoms with Gasteiger partial charge in [0.2, 0.25) is 5.88 Å². The Labute approximate surface area is 125 Å². The van der Waals surface area contributed by atoms with Crippen LogP contribution in [0.1, 0.15) is 6.42 Å². The van der Waals surface area contributed by atoms with Gasteiger partial charge in [-0.15, -0.1) is 0 Å². The highest BCUT2D eigenvalue weighted by molar-refractivity contribution is 7.86. The number of ether oxygens (including phenoxy) is 1. The lowest BCUT2D eigenvalue weighted by molar-refractivity contribution is 0.206. The molecule has 118 valence electrons. The van der Waals surface area contributed by atoms with Crippen molar-refractivity contribution in [2.45, 2.75) is 12.5 Å². The molecule has 0 amide bonds. The van der Waals surface area contributed by atoms with E-state index in [-0.39, 0.29) is 6.10 Å². The maximum Gasteiger partial charge on any atom is 0.281 e. The molecule has 9 heteroatoms. The van der Waals surface area contributed by atoms with Gasteiger partial charge in [-0.1, -0.05) is 0 Å². The smallest absolute Gasteiger partial charge is 0.281 e. The van der Waals surface area contributed by atoms with Crippen LogP contribution in [-0.4, -0.2) is 74.4 Å². The van der Waals surface area contributed by atoms with Crippen LogP contribution < -0.4 is 9.64 Å². The summed E-state index contributed by atoms with van der Waals surface area (Å²) >= 11 is 0. The Morgan fingerprint density at radius 2 is 2.00 bits per heavy atom. The van der Waals surface area contributed by atoms with Gasteiger partial charge in [0, 0.05) is 40.8 Å². The van der Waals surface area contributed by atoms with Crippen LogP contribution in [-0.2, 0) is 10.2 Å². The second-order valence-corrected chi connectivity index (χ2v) is 7.43. The van der Waals surface area contributed by atoms with Gasteiger partial charge in [0.05, 0.1) is 6.54 Å². The average Bonchev–Trinajstić information content (AvgIpc) is 2.88. The molecule has 1 aromatic heterocycles. The molecule has 21 heavy (non-hydrogen) atoms. The quantitative estimate of drug-likeness (QED) is 0.749. The molecule has 1 unspecified atom stereocenters. The molecule has 0 aromatic carbocycles. The standard InChI is InChI=1S/C12H21N5O3S/c1-15(2)11-7-12(14-9-13-11)20-10-5-6-17(8-10)21(18,19)16(3)4/h7,9-10H,5-6,8H2,1-4H3. The molecule has 0 N–H and O–H groups in total. The van der Waals surface area contributed by atoms with Gasteiger partial charge in [0.1, 0.15) is 18.2 Å². The molecular formula is C12H21N5O3S. The normalized spacial score (nSPS) is 20.0. The lowest BCUT2D eigenvalue weighted by Gasteiger charge is -2.21. The summed E-state index contributed by atoms with van der Waals surface area (Å²) < 4.78 is 32.5. The van der Waals surface area contributed by atoms with Crippen molar-refractivity contribution in [2.75, 3.05) is 46.2 Å². The second-order valence-electron chi connectivity index (χ2n) is 5.29. The molecule has 0 aliphatic carbocycles. The van der Waals surface area contributed by atoms with Crippen LogP contribution >= 0.6 is 0 Å². The monoisotopic (exact) mass is 315 g/mol. The predicted octanol–water partition coefficient (Wildman–Crippen LogP) is -0.198. The average molecular weight is 315 g/mol. The fraction of sp³-hybridized carbons (Fsp3) is 0.667. The first-order valence-corrected chi connectivity index (χ1v) is 8.04. The van der Waals surface area contributed by atoms with Gasteiger partial charge >= 0.3 is 0 Å². The van der Waals surface area contributed by atoms with Crippen LogP contribution in [0, 0.1) is 0 Å². The molecular weight excluding hydrogens is 294 g/mol. The van der Waals surface area contributed by atoms with Crippen molar-refractivity contribution in [1.82, 2.24) is 18.6 Å². The maximum absolute atomic E-state index is 12.0. The van der Waals surface area contributed by atoms with Crippen molar-refractivity contribution in [1.29, 1.82) is 0 Å². The zero-order chi connectivity index (χ0) is 15.6. The van der Waals surface area contributed by atoms with E-state index in [1.54, 1.807) is 6.07 Å². The molecule has 0 saturated carbocycles. The van der Waals surface area contributed by atoms with Gasteiger partial charge in [-0.3, -0.25) is 0 Å². The molecule has 1 aliphatic rings. The van der Waals surface area contributed by atoms with Gasteiger partial charge in [0.25, 0.3) is 10.2 Å². The van der Waals surface area contributed by atoms with E-state index < -0.39 is 10.2 Å². The molecule has 1 aromatic rings. The summed E-state index contributed by atoms with van der Waals surface area (Å²) in [5, 5.41) is 0. The molecule has 2 rings (SSSR count). The predicted molar refractivity (Wildman–Crippen MR) is 79.6 cm³/mol. The highest BCUT2D eigenvalue weighted by atomic mass is 32.2. The van der Waals surface area contributed by atoms with Crippen molar-refractivity contribution in [3.8, 4) is 5.88 Å². The Morgan fingerprint density at radius 3 is 2.62 bits per heavy atom. The zero-order valence-corrected chi connectivity index (χ0v) is 13.5. The minimum atomic E-state index is -3.38. The maximum atomic E-state index is 12.0. The summed E-state index contributed by atoms with van der Waals surface area (Å²) in [7, 11) is 3.44. The number of rotatable bonds is 5. The van der Waals surface area contributed by atoms with E-state index in [1.165, 1.54) is 29.0 Å². The highest BCUT2D eigenvalue weighted by Gasteiger charge is 2.34. The van der Waals surface area contributed by atoms with Gasteiger partial charge in [-0.2, -0.15) is 17.0 Å². The SMILES string of the molecule is CN(C)c1cc(OC2CCN(S(=O)(=O)N(C)C)C2)ncn1. The Bertz CT molecular complexity index is 590. The zero-order valence-electron chi connectivity index (χ0n) is 12.7. The number of hydrogen-bond acceptors (Lipinski definition) is 6. The molecule has 2 heterocycles. The molecule has 0 bridgehead atoms. The number of aromatic nitrogens is 2. The first-order chi connectivity index (χ1) is 9.80. The third-order valence-corrected chi connectivity index (χ3v) is 5.18. The number of anilines is 1. The minimum absolute atomic E-state index is 0.190. The highest BCUT2D eigenvalue weighted by Crippen LogP contribution is 2.21. The van der Waals surface area contributed by atoms with Crippen molar-refractivity contribution in [2.24, 2.45) is 0 Å². The Hall–Kier alpha value is -1.45. The summed E-state index contributed by atoms with van der Waals surface area (Å²) in [6.07, 6.45) is 1.90. The largest absolute Gasteiger partial charge is 0.473 e. The summed E-state index contributed by atoms with van der Waals surface area (Å²) in [5.74, 6) is 1.21. The number of hydrogen-bond donors (Lipinski definition) is 0. The van der Waals surface area contributed by atoms with E-state index in [1.807, 2.05) is 19.0 Å². The third kappa shape index (κ3) is 3.60. The third-order valence-electron chi connectivity index (χ3n) is 3.27. The van der Waals surface area contributed by atoms with E-state index in [4.69, 9.17) is 4.74 Å². The molecule has 1 fully saturated rings. The van der Waals surface area contributed by atoms with E-state index in [9.17, 15) is 8.42 Å². The van der Waals surface area contributed by atoms with Crippen LogP contribution in [0.5, 0.6) is 5.88 Å². The molecule has 0 spiro atoms. The topological polar surface area (TPSA) is 78.9 Å². The fourth-order valence-electron chi connectivity index (χ4n) is 2.04. The van der Waals surface area contributed by atoms with Crippen molar-refractivity contribution < 1.29 is 13.2 Å². The minimum Gasteiger partial charge on any atom is -0.473 e. The van der Waals surface area contributed by atoms with Gasteiger partial charge in [-0.05, 0) is 6.42 Å². The molecule has 1 aliphatic heterocycles. The summed E-state index contributed by atoms with van der Waals surface area (Å²) in [4.78, 5) is 10.0. The Balaban J connectivity index is 2.02. The lowest BCUT2D eigenvalue weighted by Crippen LogP contribution is -2.39. The molecule has 1 atom stereocenters. The Morgan fingerprint density at radius 1 is 1.29 bits per heavy atom. The van der Waals surface area contributed by atoms with E-state index in [0.717, 1.165) is 5.82 Å². The van der Waals surface area contributed by atoms with E-state index >= 15 is 0 Å². The fourth-order valence-corrected chi connectivity index (χ4v) is 3.20.